The number of aromatic amines is 1. The van der Waals surface area contributed by atoms with E-state index in [4.69, 9.17) is 0 Å². The van der Waals surface area contributed by atoms with E-state index in [1.807, 2.05) is 12.3 Å². The molecule has 108 valence electrons. The number of piperidine rings is 1. The summed E-state index contributed by atoms with van der Waals surface area (Å²) in [6, 6.07) is 2.36. The minimum atomic E-state index is 0.125. The van der Waals surface area contributed by atoms with Crippen LogP contribution in [-0.2, 0) is 0 Å². The molecular weight excluding hydrogens is 254 g/mol. The van der Waals surface area contributed by atoms with Crippen LogP contribution in [0.25, 0.3) is 11.0 Å². The first-order valence-electron chi connectivity index (χ1n) is 7.05. The number of aromatic nitrogens is 3. The molecule has 20 heavy (non-hydrogen) atoms. The van der Waals surface area contributed by atoms with Crippen molar-refractivity contribution < 1.29 is 5.11 Å². The summed E-state index contributed by atoms with van der Waals surface area (Å²) in [6.45, 7) is 4.22. The summed E-state index contributed by atoms with van der Waals surface area (Å²) < 4.78 is 0. The van der Waals surface area contributed by atoms with Crippen molar-refractivity contribution in [3.05, 3.63) is 18.6 Å². The summed E-state index contributed by atoms with van der Waals surface area (Å²) in [6.07, 6.45) is 4.58. The summed E-state index contributed by atoms with van der Waals surface area (Å²) in [4.78, 5) is 16.1. The van der Waals surface area contributed by atoms with Crippen molar-refractivity contribution in [2.24, 2.45) is 5.92 Å². The Kier molecular flexibility index (Phi) is 3.58. The van der Waals surface area contributed by atoms with E-state index in [0.717, 1.165) is 36.4 Å². The zero-order valence-electron chi connectivity index (χ0n) is 12.0. The second-order valence-electron chi connectivity index (χ2n) is 5.60. The minimum absolute atomic E-state index is 0.125. The van der Waals surface area contributed by atoms with Crippen LogP contribution < -0.4 is 4.90 Å². The first-order chi connectivity index (χ1) is 9.70. The second kappa shape index (κ2) is 5.38. The number of hydrogen-bond acceptors (Lipinski definition) is 5. The Morgan fingerprint density at radius 3 is 3.15 bits per heavy atom. The van der Waals surface area contributed by atoms with Gasteiger partial charge in [-0.1, -0.05) is 6.92 Å². The summed E-state index contributed by atoms with van der Waals surface area (Å²) in [7, 11) is 2.08. The van der Waals surface area contributed by atoms with Crippen molar-refractivity contribution in [2.45, 2.75) is 19.4 Å². The maximum atomic E-state index is 9.36. The van der Waals surface area contributed by atoms with E-state index in [1.165, 1.54) is 0 Å². The van der Waals surface area contributed by atoms with Crippen LogP contribution in [0, 0.1) is 5.92 Å². The van der Waals surface area contributed by atoms with Gasteiger partial charge in [0.25, 0.3) is 0 Å². The predicted molar refractivity (Wildman–Crippen MR) is 78.5 cm³/mol. The van der Waals surface area contributed by atoms with E-state index in [-0.39, 0.29) is 6.73 Å². The van der Waals surface area contributed by atoms with Crippen LogP contribution in [0.2, 0.25) is 0 Å². The molecule has 0 radical (unpaired) electrons. The number of fused-ring (bicyclic) bond motifs is 1. The quantitative estimate of drug-likeness (QED) is 0.876. The van der Waals surface area contributed by atoms with Crippen molar-refractivity contribution in [3.8, 4) is 0 Å². The molecule has 2 aromatic heterocycles. The molecule has 1 aliphatic heterocycles. The molecule has 0 aromatic carbocycles. The molecule has 0 spiro atoms. The number of aliphatic hydroxyl groups excluding tert-OH is 1. The Bertz CT molecular complexity index is 584. The van der Waals surface area contributed by atoms with E-state index in [0.29, 0.717) is 12.0 Å². The molecule has 0 unspecified atom stereocenters. The number of aliphatic hydroxyl groups is 1. The highest BCUT2D eigenvalue weighted by Gasteiger charge is 2.30. The summed E-state index contributed by atoms with van der Waals surface area (Å²) >= 11 is 0. The molecule has 1 saturated heterocycles. The van der Waals surface area contributed by atoms with E-state index in [1.54, 1.807) is 6.33 Å². The number of nitrogens with one attached hydrogen (secondary N) is 1. The lowest BCUT2D eigenvalue weighted by Gasteiger charge is -2.41. The normalized spacial score (nSPS) is 24.1. The third-order valence-electron chi connectivity index (χ3n) is 4.37. The molecular formula is C14H21N5O. The maximum absolute atomic E-state index is 9.36. The van der Waals surface area contributed by atoms with Gasteiger partial charge in [-0.3, -0.25) is 4.90 Å². The summed E-state index contributed by atoms with van der Waals surface area (Å²) in [5.74, 6) is 1.53. The minimum Gasteiger partial charge on any atom is -0.381 e. The van der Waals surface area contributed by atoms with Gasteiger partial charge in [0.2, 0.25) is 0 Å². The molecule has 6 nitrogen and oxygen atoms in total. The number of nitrogens with zero attached hydrogens (tertiary/aromatic N) is 4. The van der Waals surface area contributed by atoms with E-state index in [2.05, 4.69) is 38.7 Å². The Morgan fingerprint density at radius 1 is 1.50 bits per heavy atom. The van der Waals surface area contributed by atoms with Crippen molar-refractivity contribution in [1.82, 2.24) is 19.9 Å². The highest BCUT2D eigenvalue weighted by Crippen LogP contribution is 2.28. The predicted octanol–water partition coefficient (Wildman–Crippen LogP) is 1.05. The molecule has 2 atom stereocenters. The number of likely N-dealkylation sites (tertiary alicyclic amines) is 1. The van der Waals surface area contributed by atoms with Crippen LogP contribution in [0.15, 0.2) is 18.6 Å². The smallest absolute Gasteiger partial charge is 0.142 e. The Hall–Kier alpha value is -1.66. The average molecular weight is 275 g/mol. The average Bonchev–Trinajstić information content (AvgIpc) is 2.95. The fourth-order valence-corrected chi connectivity index (χ4v) is 3.04. The van der Waals surface area contributed by atoms with Gasteiger partial charge in [0.15, 0.2) is 0 Å². The molecule has 3 rings (SSSR count). The van der Waals surface area contributed by atoms with Crippen LogP contribution in [-0.4, -0.2) is 57.9 Å². The zero-order chi connectivity index (χ0) is 14.1. The van der Waals surface area contributed by atoms with E-state index < -0.39 is 0 Å². The maximum Gasteiger partial charge on any atom is 0.142 e. The number of likely N-dealkylation sites (N-methyl/N-ethyl adjacent to an activating group) is 1. The third-order valence-corrected chi connectivity index (χ3v) is 4.37. The molecule has 2 aromatic rings. The molecule has 3 heterocycles. The van der Waals surface area contributed by atoms with Crippen molar-refractivity contribution >= 4 is 16.9 Å². The Morgan fingerprint density at radius 2 is 2.35 bits per heavy atom. The van der Waals surface area contributed by atoms with Gasteiger partial charge >= 0.3 is 0 Å². The molecule has 6 heteroatoms. The van der Waals surface area contributed by atoms with Gasteiger partial charge in [-0.15, -0.1) is 0 Å². The van der Waals surface area contributed by atoms with Crippen LogP contribution in [0.4, 0.5) is 5.82 Å². The van der Waals surface area contributed by atoms with Gasteiger partial charge in [0.05, 0.1) is 12.1 Å². The first kappa shape index (κ1) is 13.3. The van der Waals surface area contributed by atoms with Gasteiger partial charge in [0.1, 0.15) is 17.8 Å². The standard InChI is InChI=1S/C14H21N5O/c1-10-4-6-19(9-20)7-12(10)18(2)14-11-3-5-15-13(11)16-8-17-14/h3,5,8,10,12,20H,4,6-7,9H2,1-2H3,(H,15,16,17)/t10-,12+/m1/s1. The van der Waals surface area contributed by atoms with Gasteiger partial charge in [-0.05, 0) is 18.4 Å². The SMILES string of the molecule is C[C@@H]1CCN(CO)C[C@@H]1N(C)c1ncnc2[nH]ccc12. The molecule has 0 amide bonds. The number of H-pyrrole nitrogens is 1. The van der Waals surface area contributed by atoms with Gasteiger partial charge < -0.3 is 15.0 Å². The van der Waals surface area contributed by atoms with Gasteiger partial charge in [-0.2, -0.15) is 0 Å². The lowest BCUT2D eigenvalue weighted by Crippen LogP contribution is -2.51. The van der Waals surface area contributed by atoms with E-state index >= 15 is 0 Å². The fourth-order valence-electron chi connectivity index (χ4n) is 3.04. The first-order valence-corrected chi connectivity index (χ1v) is 7.05. The number of hydrogen-bond donors (Lipinski definition) is 2. The highest BCUT2D eigenvalue weighted by molar-refractivity contribution is 5.87. The Balaban J connectivity index is 1.90. The fraction of sp³-hybridized carbons (Fsp3) is 0.571. The number of anilines is 1. The van der Waals surface area contributed by atoms with Crippen LogP contribution >= 0.6 is 0 Å². The third kappa shape index (κ3) is 2.25. The molecule has 0 saturated carbocycles. The molecule has 0 aliphatic carbocycles. The summed E-state index contributed by atoms with van der Waals surface area (Å²) in [5, 5.41) is 10.4. The molecule has 1 aliphatic rings. The van der Waals surface area contributed by atoms with Gasteiger partial charge in [-0.25, -0.2) is 9.97 Å². The van der Waals surface area contributed by atoms with E-state index in [9.17, 15) is 5.11 Å². The van der Waals surface area contributed by atoms with Crippen molar-refractivity contribution in [3.63, 3.8) is 0 Å². The van der Waals surface area contributed by atoms with Crippen LogP contribution in [0.3, 0.4) is 0 Å². The van der Waals surface area contributed by atoms with Crippen LogP contribution in [0.5, 0.6) is 0 Å². The number of rotatable bonds is 3. The molecule has 2 N–H and O–H groups in total. The van der Waals surface area contributed by atoms with Crippen molar-refractivity contribution in [1.29, 1.82) is 0 Å². The lowest BCUT2D eigenvalue weighted by molar-refractivity contribution is 0.0651. The lowest BCUT2D eigenvalue weighted by atomic mass is 9.92. The monoisotopic (exact) mass is 275 g/mol. The highest BCUT2D eigenvalue weighted by atomic mass is 16.3. The largest absolute Gasteiger partial charge is 0.381 e. The second-order valence-corrected chi connectivity index (χ2v) is 5.60. The Labute approximate surface area is 118 Å². The molecule has 1 fully saturated rings. The van der Waals surface area contributed by atoms with Crippen LogP contribution in [0.1, 0.15) is 13.3 Å². The zero-order valence-corrected chi connectivity index (χ0v) is 12.0. The summed E-state index contributed by atoms with van der Waals surface area (Å²) in [5.41, 5.74) is 0.865. The topological polar surface area (TPSA) is 68.3 Å². The van der Waals surface area contributed by atoms with Gasteiger partial charge in [0, 0.05) is 32.4 Å². The van der Waals surface area contributed by atoms with Crippen molar-refractivity contribution in [2.75, 3.05) is 31.8 Å². The molecule has 0 bridgehead atoms.